The average Bonchev–Trinajstić information content (AvgIpc) is 2.53. The van der Waals surface area contributed by atoms with Gasteiger partial charge in [-0.25, -0.2) is 0 Å². The van der Waals surface area contributed by atoms with Gasteiger partial charge in [-0.1, -0.05) is 62.7 Å². The van der Waals surface area contributed by atoms with E-state index in [2.05, 4.69) is 32.2 Å². The summed E-state index contributed by atoms with van der Waals surface area (Å²) in [7, 11) is 0. The number of hydrogen-bond acceptors (Lipinski definition) is 1. The summed E-state index contributed by atoms with van der Waals surface area (Å²) < 4.78 is 0. The van der Waals surface area contributed by atoms with E-state index in [1.807, 2.05) is 49.4 Å². The van der Waals surface area contributed by atoms with Gasteiger partial charge in [-0.15, -0.1) is 0 Å². The van der Waals surface area contributed by atoms with Gasteiger partial charge in [0.1, 0.15) is 0 Å². The summed E-state index contributed by atoms with van der Waals surface area (Å²) in [6, 6.07) is 16.1. The summed E-state index contributed by atoms with van der Waals surface area (Å²) in [6.07, 6.45) is 0.972. The van der Waals surface area contributed by atoms with Crippen molar-refractivity contribution in [1.29, 1.82) is 0 Å². The molecule has 0 fully saturated rings. The predicted molar refractivity (Wildman–Crippen MR) is 93.2 cm³/mol. The highest BCUT2D eigenvalue weighted by Crippen LogP contribution is 2.29. The van der Waals surface area contributed by atoms with Gasteiger partial charge in [0, 0.05) is 5.69 Å². The number of anilines is 1. The zero-order chi connectivity index (χ0) is 16.1. The van der Waals surface area contributed by atoms with Crippen molar-refractivity contribution in [2.24, 2.45) is 5.92 Å². The fourth-order valence-corrected chi connectivity index (χ4v) is 2.73. The third-order valence-electron chi connectivity index (χ3n) is 4.52. The van der Waals surface area contributed by atoms with E-state index in [0.717, 1.165) is 23.2 Å². The van der Waals surface area contributed by atoms with Gasteiger partial charge in [0.05, 0.1) is 5.92 Å². The lowest BCUT2D eigenvalue weighted by Crippen LogP contribution is -2.26. The molecule has 1 N–H and O–H groups in total. The van der Waals surface area contributed by atoms with Crippen LogP contribution >= 0.6 is 0 Å². The number of rotatable bonds is 5. The number of carbonyl (C=O) groups excluding carboxylic acids is 1. The fourth-order valence-electron chi connectivity index (χ4n) is 2.73. The van der Waals surface area contributed by atoms with E-state index in [0.29, 0.717) is 5.92 Å². The van der Waals surface area contributed by atoms with E-state index in [4.69, 9.17) is 0 Å². The van der Waals surface area contributed by atoms with Crippen LogP contribution in [-0.2, 0) is 4.79 Å². The smallest absolute Gasteiger partial charge is 0.232 e. The molecule has 0 unspecified atom stereocenters. The zero-order valence-electron chi connectivity index (χ0n) is 13.9. The fraction of sp³-hybridized carbons (Fsp3) is 0.350. The van der Waals surface area contributed by atoms with Crippen LogP contribution in [0.5, 0.6) is 0 Å². The molecule has 2 heteroatoms. The monoisotopic (exact) mass is 295 g/mol. The molecule has 0 aromatic heterocycles. The molecule has 2 rings (SSSR count). The van der Waals surface area contributed by atoms with Gasteiger partial charge in [-0.3, -0.25) is 4.79 Å². The van der Waals surface area contributed by atoms with Crippen molar-refractivity contribution >= 4 is 11.6 Å². The van der Waals surface area contributed by atoms with E-state index < -0.39 is 0 Å². The van der Waals surface area contributed by atoms with Crippen LogP contribution in [-0.4, -0.2) is 5.91 Å². The number of nitrogens with one attached hydrogen (secondary N) is 1. The van der Waals surface area contributed by atoms with Crippen LogP contribution in [0.3, 0.4) is 0 Å². The second kappa shape index (κ2) is 7.26. The second-order valence-electron chi connectivity index (χ2n) is 6.01. The van der Waals surface area contributed by atoms with Crippen LogP contribution in [0, 0.1) is 19.8 Å². The van der Waals surface area contributed by atoms with Gasteiger partial charge in [-0.05, 0) is 42.5 Å². The van der Waals surface area contributed by atoms with Crippen molar-refractivity contribution in [3.63, 3.8) is 0 Å². The number of carbonyl (C=O) groups is 1. The first-order chi connectivity index (χ1) is 10.5. The van der Waals surface area contributed by atoms with Crippen molar-refractivity contribution in [1.82, 2.24) is 0 Å². The molecule has 0 aliphatic rings. The molecule has 0 aliphatic heterocycles. The summed E-state index contributed by atoms with van der Waals surface area (Å²) in [4.78, 5) is 12.9. The Hall–Kier alpha value is -2.09. The third kappa shape index (κ3) is 3.56. The Balaban J connectivity index is 2.28. The highest BCUT2D eigenvalue weighted by molar-refractivity contribution is 5.96. The Kier molecular flexibility index (Phi) is 5.37. The maximum atomic E-state index is 12.9. The topological polar surface area (TPSA) is 29.1 Å². The van der Waals surface area contributed by atoms with Crippen LogP contribution in [0.15, 0.2) is 48.5 Å². The van der Waals surface area contributed by atoms with Crippen molar-refractivity contribution < 1.29 is 4.79 Å². The lowest BCUT2D eigenvalue weighted by molar-refractivity contribution is -0.118. The first-order valence-electron chi connectivity index (χ1n) is 7.96. The lowest BCUT2D eigenvalue weighted by Gasteiger charge is -2.23. The van der Waals surface area contributed by atoms with Crippen LogP contribution in [0.25, 0.3) is 0 Å². The predicted octanol–water partition coefficient (Wildman–Crippen LogP) is 5.07. The molecule has 22 heavy (non-hydrogen) atoms. The van der Waals surface area contributed by atoms with Gasteiger partial charge in [-0.2, -0.15) is 0 Å². The van der Waals surface area contributed by atoms with Gasteiger partial charge in [0.2, 0.25) is 5.91 Å². The number of hydrogen-bond donors (Lipinski definition) is 1. The molecule has 0 aliphatic carbocycles. The molecule has 2 aromatic rings. The number of benzene rings is 2. The third-order valence-corrected chi connectivity index (χ3v) is 4.52. The first-order valence-corrected chi connectivity index (χ1v) is 7.96. The van der Waals surface area contributed by atoms with Crippen molar-refractivity contribution in [3.05, 3.63) is 65.2 Å². The molecule has 0 radical (unpaired) electrons. The SMILES string of the molecule is CC[C@@H](C)[C@@H](C(=O)Nc1cccc(C)c1C)c1ccccc1. The molecule has 0 saturated heterocycles. The highest BCUT2D eigenvalue weighted by Gasteiger charge is 2.26. The molecule has 1 amide bonds. The molecule has 2 atom stereocenters. The average molecular weight is 295 g/mol. The Morgan fingerprint density at radius 3 is 2.36 bits per heavy atom. The zero-order valence-corrected chi connectivity index (χ0v) is 13.9. The van der Waals surface area contributed by atoms with Crippen molar-refractivity contribution in [2.45, 2.75) is 40.0 Å². The highest BCUT2D eigenvalue weighted by atomic mass is 16.1. The Morgan fingerprint density at radius 1 is 1.05 bits per heavy atom. The number of amides is 1. The maximum Gasteiger partial charge on any atom is 0.232 e. The Labute approximate surface area is 133 Å². The molecule has 2 nitrogen and oxygen atoms in total. The standard InChI is InChI=1S/C20H25NO/c1-5-14(2)19(17-11-7-6-8-12-17)20(22)21-18-13-9-10-15(3)16(18)4/h6-14,19H,5H2,1-4H3,(H,21,22)/t14-,19-/m1/s1. The summed E-state index contributed by atoms with van der Waals surface area (Å²) in [5, 5.41) is 3.13. The summed E-state index contributed by atoms with van der Waals surface area (Å²) >= 11 is 0. The summed E-state index contributed by atoms with van der Waals surface area (Å²) in [6.45, 7) is 8.38. The van der Waals surface area contributed by atoms with Crippen LogP contribution in [0.4, 0.5) is 5.69 Å². The van der Waals surface area contributed by atoms with Crippen LogP contribution < -0.4 is 5.32 Å². The number of aryl methyl sites for hydroxylation is 1. The first kappa shape index (κ1) is 16.3. The van der Waals surface area contributed by atoms with E-state index in [1.54, 1.807) is 0 Å². The molecule has 116 valence electrons. The molecule has 0 saturated carbocycles. The minimum atomic E-state index is -0.119. The maximum absolute atomic E-state index is 12.9. The van der Waals surface area contributed by atoms with Crippen LogP contribution in [0.2, 0.25) is 0 Å². The quantitative estimate of drug-likeness (QED) is 0.819. The molecule has 0 bridgehead atoms. The van der Waals surface area contributed by atoms with Gasteiger partial charge < -0.3 is 5.32 Å². The van der Waals surface area contributed by atoms with Gasteiger partial charge >= 0.3 is 0 Å². The van der Waals surface area contributed by atoms with E-state index in [-0.39, 0.29) is 11.8 Å². The Bertz CT molecular complexity index is 633. The van der Waals surface area contributed by atoms with E-state index in [1.165, 1.54) is 5.56 Å². The largest absolute Gasteiger partial charge is 0.325 e. The summed E-state index contributed by atoms with van der Waals surface area (Å²) in [5.41, 5.74) is 4.32. The molecule has 0 heterocycles. The summed E-state index contributed by atoms with van der Waals surface area (Å²) in [5.74, 6) is 0.257. The second-order valence-corrected chi connectivity index (χ2v) is 6.01. The molecular weight excluding hydrogens is 270 g/mol. The van der Waals surface area contributed by atoms with Gasteiger partial charge in [0.25, 0.3) is 0 Å². The molecular formula is C20H25NO. The van der Waals surface area contributed by atoms with Crippen molar-refractivity contribution in [2.75, 3.05) is 5.32 Å². The van der Waals surface area contributed by atoms with E-state index in [9.17, 15) is 4.79 Å². The van der Waals surface area contributed by atoms with E-state index >= 15 is 0 Å². The minimum Gasteiger partial charge on any atom is -0.325 e. The lowest BCUT2D eigenvalue weighted by atomic mass is 9.84. The molecule has 0 spiro atoms. The normalized spacial score (nSPS) is 13.5. The van der Waals surface area contributed by atoms with Crippen molar-refractivity contribution in [3.8, 4) is 0 Å². The Morgan fingerprint density at radius 2 is 1.73 bits per heavy atom. The van der Waals surface area contributed by atoms with Crippen LogP contribution in [0.1, 0.15) is 42.9 Å². The van der Waals surface area contributed by atoms with Gasteiger partial charge in [0.15, 0.2) is 0 Å². The minimum absolute atomic E-state index is 0.0780. The molecule has 2 aromatic carbocycles.